The number of aliphatic hydroxyl groups is 1. The lowest BCUT2D eigenvalue weighted by Gasteiger charge is -2.11. The lowest BCUT2D eigenvalue weighted by Crippen LogP contribution is -2.38. The Morgan fingerprint density at radius 2 is 2.19 bits per heavy atom. The summed E-state index contributed by atoms with van der Waals surface area (Å²) in [5.74, 6) is 0.763. The predicted molar refractivity (Wildman–Crippen MR) is 61.1 cm³/mol. The number of ether oxygens (including phenoxy) is 3. The molecule has 16 heavy (non-hydrogen) atoms. The molecule has 1 aromatic rings. The van der Waals surface area contributed by atoms with Crippen molar-refractivity contribution in [1.29, 1.82) is 0 Å². The second-order valence-electron chi connectivity index (χ2n) is 3.78. The number of hydrogen-bond donors (Lipinski definition) is 1. The van der Waals surface area contributed by atoms with E-state index in [0.717, 1.165) is 17.5 Å². The van der Waals surface area contributed by atoms with Gasteiger partial charge in [0.05, 0.1) is 0 Å². The van der Waals surface area contributed by atoms with E-state index >= 15 is 0 Å². The van der Waals surface area contributed by atoms with Crippen LogP contribution in [0.3, 0.4) is 0 Å². The Bertz CT molecular complexity index is 327. The Labute approximate surface area is 95.2 Å². The first-order valence-electron chi connectivity index (χ1n) is 5.32. The van der Waals surface area contributed by atoms with Gasteiger partial charge in [0.1, 0.15) is 11.9 Å². The van der Waals surface area contributed by atoms with Crippen molar-refractivity contribution in [2.75, 3.05) is 20.5 Å². The lowest BCUT2D eigenvalue weighted by atomic mass is 9.43. The fourth-order valence-electron chi connectivity index (χ4n) is 1.84. The number of aliphatic hydroxyl groups excluding tert-OH is 1. The van der Waals surface area contributed by atoms with E-state index in [0.29, 0.717) is 6.61 Å². The topological polar surface area (TPSA) is 47.9 Å². The van der Waals surface area contributed by atoms with Crippen LogP contribution in [0, 0.1) is 0 Å². The highest BCUT2D eigenvalue weighted by Crippen LogP contribution is 2.13. The van der Waals surface area contributed by atoms with Crippen molar-refractivity contribution >= 4 is 12.2 Å². The third kappa shape index (κ3) is 2.55. The maximum Gasteiger partial charge on any atom is 0.246 e. The molecule has 1 atom stereocenters. The molecule has 0 bridgehead atoms. The van der Waals surface area contributed by atoms with E-state index in [2.05, 4.69) is 0 Å². The zero-order valence-corrected chi connectivity index (χ0v) is 9.26. The van der Waals surface area contributed by atoms with Crippen LogP contribution in [0.5, 0.6) is 5.75 Å². The number of methoxy groups -OCH3 is 1. The molecule has 0 saturated carbocycles. The maximum atomic E-state index is 9.58. The van der Waals surface area contributed by atoms with E-state index in [1.54, 1.807) is 7.11 Å². The van der Waals surface area contributed by atoms with Gasteiger partial charge >= 0.3 is 0 Å². The molecule has 1 aliphatic heterocycles. The van der Waals surface area contributed by atoms with Crippen molar-refractivity contribution in [3.8, 4) is 5.75 Å². The molecule has 1 N–H and O–H groups in total. The van der Waals surface area contributed by atoms with Gasteiger partial charge in [0.25, 0.3) is 0 Å². The third-order valence-electron chi connectivity index (χ3n) is 2.71. The summed E-state index contributed by atoms with van der Waals surface area (Å²) in [6.45, 7) is 0.943. The zero-order valence-electron chi connectivity index (χ0n) is 9.26. The van der Waals surface area contributed by atoms with Crippen LogP contribution in [0.4, 0.5) is 0 Å². The SMILES string of the molecule is COCOc1ccc(B2CCOC2O)cc1. The molecule has 1 saturated heterocycles. The largest absolute Gasteiger partial charge is 0.468 e. The van der Waals surface area contributed by atoms with Crippen molar-refractivity contribution in [3.63, 3.8) is 0 Å². The summed E-state index contributed by atoms with van der Waals surface area (Å²) in [5.41, 5.74) is 1.08. The summed E-state index contributed by atoms with van der Waals surface area (Å²) in [6, 6.07) is 7.65. The molecular weight excluding hydrogens is 207 g/mol. The van der Waals surface area contributed by atoms with E-state index in [9.17, 15) is 5.11 Å². The van der Waals surface area contributed by atoms with E-state index in [1.165, 1.54) is 0 Å². The van der Waals surface area contributed by atoms with Gasteiger partial charge in [0, 0.05) is 13.7 Å². The molecule has 0 amide bonds. The predicted octanol–water partition coefficient (Wildman–Crippen LogP) is 0.259. The number of hydrogen-bond acceptors (Lipinski definition) is 4. The Balaban J connectivity index is 2.01. The summed E-state index contributed by atoms with van der Waals surface area (Å²) >= 11 is 0. The first-order valence-corrected chi connectivity index (χ1v) is 5.32. The average molecular weight is 222 g/mol. The summed E-state index contributed by atoms with van der Waals surface area (Å²) < 4.78 is 15.2. The summed E-state index contributed by atoms with van der Waals surface area (Å²) in [7, 11) is 1.58. The Kier molecular flexibility index (Phi) is 3.82. The van der Waals surface area contributed by atoms with Crippen LogP contribution in [-0.2, 0) is 9.47 Å². The molecule has 0 radical (unpaired) electrons. The fourth-order valence-corrected chi connectivity index (χ4v) is 1.84. The van der Waals surface area contributed by atoms with Crippen LogP contribution in [0.2, 0.25) is 6.32 Å². The van der Waals surface area contributed by atoms with E-state index < -0.39 is 6.19 Å². The minimum Gasteiger partial charge on any atom is -0.468 e. The smallest absolute Gasteiger partial charge is 0.246 e. The van der Waals surface area contributed by atoms with E-state index in [1.807, 2.05) is 24.3 Å². The summed E-state index contributed by atoms with van der Waals surface area (Å²) in [5, 5.41) is 9.58. The highest BCUT2D eigenvalue weighted by atomic mass is 16.7. The Morgan fingerprint density at radius 1 is 1.44 bits per heavy atom. The fraction of sp³-hybridized carbons (Fsp3) is 0.455. The first-order chi connectivity index (χ1) is 7.81. The highest BCUT2D eigenvalue weighted by molar-refractivity contribution is 6.74. The van der Waals surface area contributed by atoms with Crippen LogP contribution in [-0.4, -0.2) is 38.5 Å². The van der Waals surface area contributed by atoms with Crippen LogP contribution >= 0.6 is 0 Å². The molecule has 0 aliphatic carbocycles. The van der Waals surface area contributed by atoms with Crippen LogP contribution in [0.1, 0.15) is 0 Å². The molecule has 1 unspecified atom stereocenters. The molecule has 4 nitrogen and oxygen atoms in total. The second kappa shape index (κ2) is 5.34. The minimum absolute atomic E-state index is 0.0801. The highest BCUT2D eigenvalue weighted by Gasteiger charge is 2.31. The monoisotopic (exact) mass is 222 g/mol. The molecular formula is C11H15BO4. The number of rotatable bonds is 4. The first kappa shape index (κ1) is 11.5. The average Bonchev–Trinajstić information content (AvgIpc) is 2.74. The second-order valence-corrected chi connectivity index (χ2v) is 3.78. The van der Waals surface area contributed by atoms with Crippen molar-refractivity contribution < 1.29 is 19.3 Å². The van der Waals surface area contributed by atoms with Crippen molar-refractivity contribution in [3.05, 3.63) is 24.3 Å². The van der Waals surface area contributed by atoms with Gasteiger partial charge in [-0.3, -0.25) is 0 Å². The molecule has 86 valence electrons. The van der Waals surface area contributed by atoms with Gasteiger partial charge in [-0.2, -0.15) is 0 Å². The molecule has 1 aromatic carbocycles. The maximum absolute atomic E-state index is 9.58. The third-order valence-corrected chi connectivity index (χ3v) is 2.71. The quantitative estimate of drug-likeness (QED) is 0.586. The molecule has 2 rings (SSSR count). The number of benzene rings is 1. The minimum atomic E-state index is -0.675. The van der Waals surface area contributed by atoms with Gasteiger partial charge in [0.2, 0.25) is 6.71 Å². The van der Waals surface area contributed by atoms with Crippen molar-refractivity contribution in [1.82, 2.24) is 0 Å². The summed E-state index contributed by atoms with van der Waals surface area (Å²) in [4.78, 5) is 0. The molecule has 1 heterocycles. The van der Waals surface area contributed by atoms with Crippen LogP contribution in [0.25, 0.3) is 0 Å². The summed E-state index contributed by atoms with van der Waals surface area (Å²) in [6.07, 6.45) is 0.185. The molecule has 0 spiro atoms. The van der Waals surface area contributed by atoms with Gasteiger partial charge in [-0.15, -0.1) is 0 Å². The zero-order chi connectivity index (χ0) is 11.4. The van der Waals surface area contributed by atoms with Gasteiger partial charge < -0.3 is 19.3 Å². The molecule has 0 aromatic heterocycles. The normalized spacial score (nSPS) is 20.1. The van der Waals surface area contributed by atoms with E-state index in [-0.39, 0.29) is 13.5 Å². The Morgan fingerprint density at radius 3 is 2.75 bits per heavy atom. The van der Waals surface area contributed by atoms with Crippen LogP contribution in [0.15, 0.2) is 24.3 Å². The lowest BCUT2D eigenvalue weighted by molar-refractivity contribution is -0.0202. The van der Waals surface area contributed by atoms with Gasteiger partial charge in [-0.25, -0.2) is 0 Å². The van der Waals surface area contributed by atoms with Gasteiger partial charge in [-0.1, -0.05) is 17.6 Å². The van der Waals surface area contributed by atoms with E-state index in [4.69, 9.17) is 14.2 Å². The van der Waals surface area contributed by atoms with Crippen molar-refractivity contribution in [2.24, 2.45) is 0 Å². The Hall–Kier alpha value is -1.04. The van der Waals surface area contributed by atoms with Crippen molar-refractivity contribution in [2.45, 2.75) is 12.5 Å². The van der Waals surface area contributed by atoms with Crippen LogP contribution < -0.4 is 10.2 Å². The standard InChI is InChI=1S/C11H15BO4/c1-14-8-16-10-4-2-9(3-5-10)12-6-7-15-11(12)13/h2-5,11,13H,6-8H2,1H3. The molecule has 1 aliphatic rings. The van der Waals surface area contributed by atoms with Gasteiger partial charge in [-0.05, 0) is 18.5 Å². The van der Waals surface area contributed by atoms with Gasteiger partial charge in [0.15, 0.2) is 6.79 Å². The molecule has 5 heteroatoms. The molecule has 1 fully saturated rings.